The summed E-state index contributed by atoms with van der Waals surface area (Å²) in [6, 6.07) is 14.2. The molecule has 0 amide bonds. The van der Waals surface area contributed by atoms with Gasteiger partial charge in [-0.15, -0.1) is 0 Å². The van der Waals surface area contributed by atoms with Crippen LogP contribution < -0.4 is 10.1 Å². The maximum atomic E-state index is 5.81. The van der Waals surface area contributed by atoms with Gasteiger partial charge in [0.2, 0.25) is 0 Å². The van der Waals surface area contributed by atoms with E-state index in [1.807, 2.05) is 36.5 Å². The number of nitrogens with zero attached hydrogens (tertiary/aromatic N) is 1. The van der Waals surface area contributed by atoms with Gasteiger partial charge in [-0.25, -0.2) is 0 Å². The van der Waals surface area contributed by atoms with Gasteiger partial charge in [0.25, 0.3) is 0 Å². The highest BCUT2D eigenvalue weighted by atomic mass is 16.5. The topological polar surface area (TPSA) is 34.1 Å². The van der Waals surface area contributed by atoms with Gasteiger partial charge < -0.3 is 10.1 Å². The normalized spacial score (nSPS) is 10.8. The molecule has 0 aliphatic rings. The van der Waals surface area contributed by atoms with Crippen molar-refractivity contribution >= 4 is 0 Å². The molecule has 1 aromatic heterocycles. The molecule has 2 rings (SSSR count). The van der Waals surface area contributed by atoms with E-state index in [1.165, 1.54) is 5.56 Å². The first-order valence-electron chi connectivity index (χ1n) is 7.56. The molecule has 0 fully saturated rings. The Kier molecular flexibility index (Phi) is 6.22. The van der Waals surface area contributed by atoms with E-state index in [2.05, 4.69) is 36.3 Å². The largest absolute Gasteiger partial charge is 0.493 e. The number of hydrogen-bond acceptors (Lipinski definition) is 3. The molecule has 0 unspecified atom stereocenters. The molecular formula is C18H24N2O. The number of nitrogens with one attached hydrogen (secondary N) is 1. The second kappa shape index (κ2) is 8.42. The summed E-state index contributed by atoms with van der Waals surface area (Å²) in [4.78, 5) is 4.29. The van der Waals surface area contributed by atoms with Gasteiger partial charge in [0.1, 0.15) is 5.75 Å². The van der Waals surface area contributed by atoms with Crippen molar-refractivity contribution in [2.45, 2.75) is 26.8 Å². The first-order chi connectivity index (χ1) is 10.2. The minimum atomic E-state index is 0.653. The number of ether oxygens (including phenoxy) is 1. The van der Waals surface area contributed by atoms with Crippen LogP contribution >= 0.6 is 0 Å². The van der Waals surface area contributed by atoms with Crippen molar-refractivity contribution in [3.63, 3.8) is 0 Å². The van der Waals surface area contributed by atoms with Gasteiger partial charge in [-0.1, -0.05) is 32.0 Å². The van der Waals surface area contributed by atoms with E-state index in [9.17, 15) is 0 Å². The standard InChI is InChI=1S/C18H24N2O/c1-15(2)13-19-14-16-6-5-8-18(12-16)21-11-9-17-7-3-4-10-20-17/h3-8,10,12,15,19H,9,11,13-14H2,1-2H3. The molecule has 0 saturated carbocycles. The van der Waals surface area contributed by atoms with Crippen LogP contribution in [0.25, 0.3) is 0 Å². The molecule has 112 valence electrons. The molecule has 2 aromatic rings. The van der Waals surface area contributed by atoms with E-state index in [0.717, 1.165) is 31.0 Å². The number of pyridine rings is 1. The van der Waals surface area contributed by atoms with Crippen molar-refractivity contribution in [3.8, 4) is 5.75 Å². The van der Waals surface area contributed by atoms with Crippen LogP contribution in [0.1, 0.15) is 25.1 Å². The second-order valence-corrected chi connectivity index (χ2v) is 5.59. The van der Waals surface area contributed by atoms with Crippen LogP contribution in [0.2, 0.25) is 0 Å². The lowest BCUT2D eigenvalue weighted by atomic mass is 10.2. The van der Waals surface area contributed by atoms with E-state index >= 15 is 0 Å². The highest BCUT2D eigenvalue weighted by molar-refractivity contribution is 5.28. The van der Waals surface area contributed by atoms with Crippen molar-refractivity contribution in [1.82, 2.24) is 10.3 Å². The zero-order valence-electron chi connectivity index (χ0n) is 12.9. The Morgan fingerprint density at radius 2 is 2.05 bits per heavy atom. The summed E-state index contributed by atoms with van der Waals surface area (Å²) in [6.07, 6.45) is 2.65. The van der Waals surface area contributed by atoms with Gasteiger partial charge in [-0.2, -0.15) is 0 Å². The smallest absolute Gasteiger partial charge is 0.119 e. The average molecular weight is 284 g/mol. The third-order valence-corrected chi connectivity index (χ3v) is 3.13. The van der Waals surface area contributed by atoms with Crippen molar-refractivity contribution in [3.05, 3.63) is 59.9 Å². The van der Waals surface area contributed by atoms with Crippen LogP contribution in [0.3, 0.4) is 0 Å². The Morgan fingerprint density at radius 1 is 1.14 bits per heavy atom. The van der Waals surface area contributed by atoms with Crippen LogP contribution in [0.5, 0.6) is 5.75 Å². The zero-order valence-corrected chi connectivity index (χ0v) is 12.9. The maximum Gasteiger partial charge on any atom is 0.119 e. The number of rotatable bonds is 8. The molecule has 0 radical (unpaired) electrons. The summed E-state index contributed by atoms with van der Waals surface area (Å²) < 4.78 is 5.81. The van der Waals surface area contributed by atoms with E-state index in [4.69, 9.17) is 4.74 Å². The van der Waals surface area contributed by atoms with Crippen LogP contribution in [0, 0.1) is 5.92 Å². The Labute approximate surface area is 127 Å². The SMILES string of the molecule is CC(C)CNCc1cccc(OCCc2ccccn2)c1. The highest BCUT2D eigenvalue weighted by Crippen LogP contribution is 2.13. The van der Waals surface area contributed by atoms with Crippen LogP contribution in [-0.2, 0) is 13.0 Å². The first-order valence-corrected chi connectivity index (χ1v) is 7.56. The van der Waals surface area contributed by atoms with E-state index in [0.29, 0.717) is 12.5 Å². The first kappa shape index (κ1) is 15.5. The average Bonchev–Trinajstić information content (AvgIpc) is 2.48. The molecule has 0 aliphatic heterocycles. The molecule has 1 N–H and O–H groups in total. The lowest BCUT2D eigenvalue weighted by molar-refractivity contribution is 0.320. The Hall–Kier alpha value is -1.87. The van der Waals surface area contributed by atoms with Crippen molar-refractivity contribution in [2.75, 3.05) is 13.2 Å². The summed E-state index contributed by atoms with van der Waals surface area (Å²) in [5.41, 5.74) is 2.32. The minimum Gasteiger partial charge on any atom is -0.493 e. The maximum absolute atomic E-state index is 5.81. The van der Waals surface area contributed by atoms with Gasteiger partial charge >= 0.3 is 0 Å². The van der Waals surface area contributed by atoms with E-state index in [1.54, 1.807) is 0 Å². The molecule has 0 saturated heterocycles. The number of aromatic nitrogens is 1. The minimum absolute atomic E-state index is 0.653. The zero-order chi connectivity index (χ0) is 14.9. The molecule has 0 spiro atoms. The monoisotopic (exact) mass is 284 g/mol. The second-order valence-electron chi connectivity index (χ2n) is 5.59. The predicted octanol–water partition coefficient (Wildman–Crippen LogP) is 3.45. The fourth-order valence-corrected chi connectivity index (χ4v) is 2.07. The lowest BCUT2D eigenvalue weighted by Gasteiger charge is -2.10. The molecule has 1 aromatic carbocycles. The fraction of sp³-hybridized carbons (Fsp3) is 0.389. The molecule has 0 atom stereocenters. The molecule has 0 aliphatic carbocycles. The molecule has 0 bridgehead atoms. The summed E-state index contributed by atoms with van der Waals surface area (Å²) >= 11 is 0. The third-order valence-electron chi connectivity index (χ3n) is 3.13. The summed E-state index contributed by atoms with van der Waals surface area (Å²) in [6.45, 7) is 6.99. The Bertz CT molecular complexity index is 526. The van der Waals surface area contributed by atoms with Gasteiger partial charge in [0.15, 0.2) is 0 Å². The Morgan fingerprint density at radius 3 is 2.81 bits per heavy atom. The lowest BCUT2D eigenvalue weighted by Crippen LogP contribution is -2.18. The predicted molar refractivity (Wildman–Crippen MR) is 86.4 cm³/mol. The third kappa shape index (κ3) is 5.96. The van der Waals surface area contributed by atoms with Gasteiger partial charge in [0, 0.05) is 24.9 Å². The van der Waals surface area contributed by atoms with Crippen LogP contribution in [-0.4, -0.2) is 18.1 Å². The van der Waals surface area contributed by atoms with Crippen LogP contribution in [0.4, 0.5) is 0 Å². The van der Waals surface area contributed by atoms with Crippen molar-refractivity contribution in [2.24, 2.45) is 5.92 Å². The van der Waals surface area contributed by atoms with Crippen molar-refractivity contribution < 1.29 is 4.74 Å². The summed E-state index contributed by atoms with van der Waals surface area (Å²) in [7, 11) is 0. The molecule has 21 heavy (non-hydrogen) atoms. The summed E-state index contributed by atoms with van der Waals surface area (Å²) in [5, 5.41) is 3.44. The molecule has 3 heteroatoms. The molecular weight excluding hydrogens is 260 g/mol. The highest BCUT2D eigenvalue weighted by Gasteiger charge is 1.99. The molecule has 3 nitrogen and oxygen atoms in total. The van der Waals surface area contributed by atoms with Gasteiger partial charge in [-0.3, -0.25) is 4.98 Å². The van der Waals surface area contributed by atoms with Gasteiger partial charge in [-0.05, 0) is 42.3 Å². The number of hydrogen-bond donors (Lipinski definition) is 1. The molecule has 1 heterocycles. The van der Waals surface area contributed by atoms with Crippen LogP contribution in [0.15, 0.2) is 48.7 Å². The van der Waals surface area contributed by atoms with Crippen molar-refractivity contribution in [1.29, 1.82) is 0 Å². The fourth-order valence-electron chi connectivity index (χ4n) is 2.07. The van der Waals surface area contributed by atoms with Gasteiger partial charge in [0.05, 0.1) is 6.61 Å². The quantitative estimate of drug-likeness (QED) is 0.806. The number of benzene rings is 1. The van der Waals surface area contributed by atoms with E-state index < -0.39 is 0 Å². The summed E-state index contributed by atoms with van der Waals surface area (Å²) in [5.74, 6) is 1.59. The Balaban J connectivity index is 1.78. The van der Waals surface area contributed by atoms with E-state index in [-0.39, 0.29) is 0 Å².